The van der Waals surface area contributed by atoms with Crippen LogP contribution in [0, 0.1) is 13.8 Å². The van der Waals surface area contributed by atoms with Crippen LogP contribution in [-0.4, -0.2) is 10.9 Å². The summed E-state index contributed by atoms with van der Waals surface area (Å²) in [4.78, 5) is 17.3. The van der Waals surface area contributed by atoms with Crippen molar-refractivity contribution in [3.63, 3.8) is 0 Å². The number of aromatic nitrogens is 1. The molecule has 0 saturated carbocycles. The Labute approximate surface area is 162 Å². The summed E-state index contributed by atoms with van der Waals surface area (Å²) in [5.41, 5.74) is 7.31. The Bertz CT molecular complexity index is 1220. The molecule has 1 aliphatic rings. The van der Waals surface area contributed by atoms with Gasteiger partial charge in [-0.15, -0.1) is 0 Å². The van der Waals surface area contributed by atoms with Crippen LogP contribution in [-0.2, 0) is 24.1 Å². The molecule has 27 heavy (non-hydrogen) atoms. The van der Waals surface area contributed by atoms with Crippen molar-refractivity contribution in [1.82, 2.24) is 4.98 Å². The monoisotopic (exact) mass is 372 g/mol. The van der Waals surface area contributed by atoms with E-state index in [4.69, 9.17) is 4.98 Å². The van der Waals surface area contributed by atoms with Crippen LogP contribution in [0.1, 0.15) is 27.8 Å². The van der Waals surface area contributed by atoms with Gasteiger partial charge >= 0.3 is 0 Å². The molecular formula is C23H20N2OS. The van der Waals surface area contributed by atoms with Gasteiger partial charge in [0.25, 0.3) is 0 Å². The zero-order valence-corrected chi connectivity index (χ0v) is 16.2. The highest BCUT2D eigenvalue weighted by molar-refractivity contribution is 7.22. The van der Waals surface area contributed by atoms with E-state index >= 15 is 0 Å². The fourth-order valence-corrected chi connectivity index (χ4v) is 4.98. The van der Waals surface area contributed by atoms with Crippen molar-refractivity contribution in [2.45, 2.75) is 33.1 Å². The van der Waals surface area contributed by atoms with Crippen molar-refractivity contribution in [1.29, 1.82) is 0 Å². The number of amides is 1. The molecule has 0 aliphatic heterocycles. The first kappa shape index (κ1) is 16.5. The number of nitrogens with zero attached hydrogens (tertiary/aromatic N) is 1. The normalized spacial score (nSPS) is 12.8. The molecule has 1 N–H and O–H groups in total. The van der Waals surface area contributed by atoms with Gasteiger partial charge in [0.1, 0.15) is 0 Å². The van der Waals surface area contributed by atoms with Crippen LogP contribution in [0.3, 0.4) is 0 Å². The lowest BCUT2D eigenvalue weighted by atomic mass is 10.0. The Kier molecular flexibility index (Phi) is 3.76. The van der Waals surface area contributed by atoms with Gasteiger partial charge in [-0.3, -0.25) is 4.79 Å². The smallest absolute Gasteiger partial charge is 0.230 e. The highest BCUT2D eigenvalue weighted by Gasteiger charge is 2.19. The summed E-state index contributed by atoms with van der Waals surface area (Å²) < 4.78 is 1.15. The average molecular weight is 372 g/mol. The number of hydrogen-bond donors (Lipinski definition) is 1. The summed E-state index contributed by atoms with van der Waals surface area (Å²) >= 11 is 1.57. The molecule has 0 spiro atoms. The molecule has 4 aromatic rings. The second kappa shape index (κ2) is 6.17. The maximum atomic E-state index is 12.5. The van der Waals surface area contributed by atoms with Crippen molar-refractivity contribution in [2.75, 3.05) is 5.32 Å². The molecule has 1 heterocycles. The van der Waals surface area contributed by atoms with Gasteiger partial charge in [0.15, 0.2) is 5.13 Å². The first-order chi connectivity index (χ1) is 13.1. The van der Waals surface area contributed by atoms with Crippen LogP contribution in [0.25, 0.3) is 21.0 Å². The second-order valence-corrected chi connectivity index (χ2v) is 8.42. The number of hydrogen-bond acceptors (Lipinski definition) is 3. The third kappa shape index (κ3) is 2.81. The number of fused-ring (bicyclic) bond motifs is 2. The molecule has 1 aromatic heterocycles. The van der Waals surface area contributed by atoms with E-state index in [1.165, 1.54) is 33.0 Å². The summed E-state index contributed by atoms with van der Waals surface area (Å²) in [5.74, 6) is -0.0189. The van der Waals surface area contributed by atoms with E-state index in [0.29, 0.717) is 11.6 Å². The third-order valence-corrected chi connectivity index (χ3v) is 6.45. The molecule has 4 heteroatoms. The Hall–Kier alpha value is -2.72. The summed E-state index contributed by atoms with van der Waals surface area (Å²) in [6.45, 7) is 4.16. The van der Waals surface area contributed by atoms with Gasteiger partial charge in [-0.25, -0.2) is 4.98 Å². The van der Waals surface area contributed by atoms with E-state index in [0.717, 1.165) is 28.6 Å². The molecule has 0 unspecified atom stereocenters. The number of aryl methyl sites for hydroxylation is 4. The fourth-order valence-electron chi connectivity index (χ4n) is 4.02. The van der Waals surface area contributed by atoms with Crippen LogP contribution >= 0.6 is 11.3 Å². The number of benzene rings is 3. The maximum absolute atomic E-state index is 12.5. The summed E-state index contributed by atoms with van der Waals surface area (Å²) in [7, 11) is 0. The van der Waals surface area contributed by atoms with Crippen molar-refractivity contribution in [3.05, 3.63) is 70.3 Å². The highest BCUT2D eigenvalue weighted by Crippen LogP contribution is 2.39. The van der Waals surface area contributed by atoms with E-state index in [-0.39, 0.29) is 5.91 Å². The van der Waals surface area contributed by atoms with Gasteiger partial charge in [-0.05, 0) is 66.0 Å². The largest absolute Gasteiger partial charge is 0.302 e. The molecule has 134 valence electrons. The van der Waals surface area contributed by atoms with Gasteiger partial charge in [0, 0.05) is 5.39 Å². The number of anilines is 1. The Morgan fingerprint density at radius 3 is 2.78 bits per heavy atom. The molecule has 0 radical (unpaired) electrons. The molecule has 0 bridgehead atoms. The summed E-state index contributed by atoms with van der Waals surface area (Å²) in [5, 5.41) is 6.26. The molecule has 1 amide bonds. The number of thiazole rings is 1. The van der Waals surface area contributed by atoms with E-state index in [2.05, 4.69) is 55.6 Å². The molecule has 0 atom stereocenters. The minimum absolute atomic E-state index is 0.0189. The van der Waals surface area contributed by atoms with Crippen LogP contribution in [0.15, 0.2) is 42.5 Å². The van der Waals surface area contributed by atoms with Gasteiger partial charge < -0.3 is 5.32 Å². The lowest BCUT2D eigenvalue weighted by molar-refractivity contribution is -0.115. The quantitative estimate of drug-likeness (QED) is 0.527. The first-order valence-electron chi connectivity index (χ1n) is 9.28. The highest BCUT2D eigenvalue weighted by atomic mass is 32.1. The lowest BCUT2D eigenvalue weighted by Gasteiger charge is -2.05. The van der Waals surface area contributed by atoms with E-state index in [9.17, 15) is 4.79 Å². The number of nitrogens with one attached hydrogen (secondary N) is 1. The SMILES string of the molecule is Cc1ccc(CC(=O)Nc2nc3c(cc4c5c(cccc53)CC4)s2)cc1C. The topological polar surface area (TPSA) is 42.0 Å². The van der Waals surface area contributed by atoms with Crippen LogP contribution in [0.2, 0.25) is 0 Å². The van der Waals surface area contributed by atoms with Gasteiger partial charge in [-0.2, -0.15) is 0 Å². The van der Waals surface area contributed by atoms with Crippen LogP contribution in [0.4, 0.5) is 5.13 Å². The minimum Gasteiger partial charge on any atom is -0.302 e. The molecule has 3 nitrogen and oxygen atoms in total. The Morgan fingerprint density at radius 1 is 1.07 bits per heavy atom. The Morgan fingerprint density at radius 2 is 1.93 bits per heavy atom. The number of carbonyl (C=O) groups is 1. The molecule has 0 saturated heterocycles. The van der Waals surface area contributed by atoms with E-state index < -0.39 is 0 Å². The second-order valence-electron chi connectivity index (χ2n) is 7.38. The minimum atomic E-state index is -0.0189. The van der Waals surface area contributed by atoms with E-state index in [1.54, 1.807) is 11.3 Å². The predicted molar refractivity (Wildman–Crippen MR) is 113 cm³/mol. The zero-order chi connectivity index (χ0) is 18.5. The number of rotatable bonds is 3. The lowest BCUT2D eigenvalue weighted by Crippen LogP contribution is -2.14. The Balaban J connectivity index is 1.45. The summed E-state index contributed by atoms with van der Waals surface area (Å²) in [6.07, 6.45) is 2.58. The first-order valence-corrected chi connectivity index (χ1v) is 10.1. The van der Waals surface area contributed by atoms with Gasteiger partial charge in [-0.1, -0.05) is 47.7 Å². The predicted octanol–water partition coefficient (Wildman–Crippen LogP) is 5.35. The van der Waals surface area contributed by atoms with Crippen molar-refractivity contribution in [3.8, 4) is 0 Å². The van der Waals surface area contributed by atoms with Gasteiger partial charge in [0.2, 0.25) is 5.91 Å². The van der Waals surface area contributed by atoms with Crippen LogP contribution in [0.5, 0.6) is 0 Å². The zero-order valence-electron chi connectivity index (χ0n) is 15.4. The maximum Gasteiger partial charge on any atom is 0.230 e. The standard InChI is InChI=1S/C23H20N2OS/c1-13-6-7-15(10-14(13)2)11-20(26)24-23-25-22-18-5-3-4-16-8-9-17(21(16)18)12-19(22)27-23/h3-7,10,12H,8-9,11H2,1-2H3,(H,24,25,26). The van der Waals surface area contributed by atoms with Crippen LogP contribution < -0.4 is 5.32 Å². The summed E-state index contributed by atoms with van der Waals surface area (Å²) in [6, 6.07) is 14.9. The number of carbonyl (C=O) groups excluding carboxylic acids is 1. The molecule has 1 aliphatic carbocycles. The fraction of sp³-hybridized carbons (Fsp3) is 0.217. The van der Waals surface area contributed by atoms with Gasteiger partial charge in [0.05, 0.1) is 16.6 Å². The molecule has 5 rings (SSSR count). The van der Waals surface area contributed by atoms with Crippen molar-refractivity contribution in [2.24, 2.45) is 0 Å². The van der Waals surface area contributed by atoms with Crippen molar-refractivity contribution >= 4 is 43.4 Å². The van der Waals surface area contributed by atoms with E-state index in [1.807, 2.05) is 6.07 Å². The molecule has 3 aromatic carbocycles. The average Bonchev–Trinajstić information content (AvgIpc) is 3.23. The molecule has 0 fully saturated rings. The third-order valence-electron chi connectivity index (χ3n) is 5.53. The molecular weight excluding hydrogens is 352 g/mol. The van der Waals surface area contributed by atoms with Crippen molar-refractivity contribution < 1.29 is 4.79 Å².